The standard InChI is InChI=1S/C15H24N4O/c1-3-5-12-8-10-19(11-9-12)15(20)13-6-7-14(16-4-2)18-17-13/h6-7,12H,3-5,8-11H2,1-2H3,(H,16,18). The molecule has 0 atom stereocenters. The number of nitrogens with zero attached hydrogens (tertiary/aromatic N) is 3. The average Bonchev–Trinajstić information content (AvgIpc) is 2.49. The minimum Gasteiger partial charge on any atom is -0.369 e. The maximum Gasteiger partial charge on any atom is 0.274 e. The van der Waals surface area contributed by atoms with Crippen LogP contribution in [0.2, 0.25) is 0 Å². The Bertz CT molecular complexity index is 424. The van der Waals surface area contributed by atoms with Gasteiger partial charge >= 0.3 is 0 Å². The molecule has 1 aromatic rings. The molecule has 2 heterocycles. The summed E-state index contributed by atoms with van der Waals surface area (Å²) in [5.41, 5.74) is 0.445. The number of likely N-dealkylation sites (tertiary alicyclic amines) is 1. The van der Waals surface area contributed by atoms with Crippen molar-refractivity contribution in [3.05, 3.63) is 17.8 Å². The molecule has 110 valence electrons. The van der Waals surface area contributed by atoms with Gasteiger partial charge in [0.25, 0.3) is 5.91 Å². The van der Waals surface area contributed by atoms with Crippen LogP contribution in [0.3, 0.4) is 0 Å². The maximum absolute atomic E-state index is 12.3. The van der Waals surface area contributed by atoms with E-state index in [2.05, 4.69) is 22.4 Å². The monoisotopic (exact) mass is 276 g/mol. The number of amides is 1. The molecule has 20 heavy (non-hydrogen) atoms. The fraction of sp³-hybridized carbons (Fsp3) is 0.667. The second-order valence-electron chi connectivity index (χ2n) is 5.36. The van der Waals surface area contributed by atoms with Crippen molar-refractivity contribution in [1.82, 2.24) is 15.1 Å². The van der Waals surface area contributed by atoms with E-state index in [9.17, 15) is 4.79 Å². The van der Waals surface area contributed by atoms with Gasteiger partial charge in [0.05, 0.1) is 0 Å². The summed E-state index contributed by atoms with van der Waals surface area (Å²) in [6, 6.07) is 3.57. The number of hydrogen-bond donors (Lipinski definition) is 1. The number of carbonyl (C=O) groups excluding carboxylic acids is 1. The topological polar surface area (TPSA) is 58.1 Å². The number of piperidine rings is 1. The first kappa shape index (κ1) is 14.8. The molecule has 0 radical (unpaired) electrons. The number of rotatable bonds is 5. The van der Waals surface area contributed by atoms with Crippen LogP contribution in [0.4, 0.5) is 5.82 Å². The van der Waals surface area contributed by atoms with E-state index in [-0.39, 0.29) is 5.91 Å². The van der Waals surface area contributed by atoms with Crippen LogP contribution in [0.1, 0.15) is 50.0 Å². The molecule has 0 aliphatic carbocycles. The van der Waals surface area contributed by atoms with Gasteiger partial charge in [0.1, 0.15) is 5.82 Å². The van der Waals surface area contributed by atoms with Gasteiger partial charge in [-0.3, -0.25) is 4.79 Å². The molecular weight excluding hydrogens is 252 g/mol. The average molecular weight is 276 g/mol. The molecule has 1 aliphatic rings. The highest BCUT2D eigenvalue weighted by Crippen LogP contribution is 2.22. The normalized spacial score (nSPS) is 16.2. The Kier molecular flexibility index (Phi) is 5.32. The summed E-state index contributed by atoms with van der Waals surface area (Å²) in [5, 5.41) is 11.1. The van der Waals surface area contributed by atoms with E-state index in [0.29, 0.717) is 11.5 Å². The lowest BCUT2D eigenvalue weighted by Gasteiger charge is -2.31. The summed E-state index contributed by atoms with van der Waals surface area (Å²) < 4.78 is 0. The van der Waals surface area contributed by atoms with Crippen LogP contribution >= 0.6 is 0 Å². The van der Waals surface area contributed by atoms with Crippen molar-refractivity contribution >= 4 is 11.7 Å². The van der Waals surface area contributed by atoms with Gasteiger partial charge in [-0.2, -0.15) is 0 Å². The number of hydrogen-bond acceptors (Lipinski definition) is 4. The first-order valence-corrected chi connectivity index (χ1v) is 7.61. The molecule has 0 unspecified atom stereocenters. The lowest BCUT2D eigenvalue weighted by Crippen LogP contribution is -2.38. The molecule has 0 saturated carbocycles. The van der Waals surface area contributed by atoms with Crippen molar-refractivity contribution in [2.24, 2.45) is 5.92 Å². The van der Waals surface area contributed by atoms with Crippen LogP contribution in [-0.2, 0) is 0 Å². The van der Waals surface area contributed by atoms with Crippen LogP contribution in [0.25, 0.3) is 0 Å². The third-order valence-electron chi connectivity index (χ3n) is 3.84. The number of anilines is 1. The lowest BCUT2D eigenvalue weighted by atomic mass is 9.92. The molecule has 5 heteroatoms. The zero-order chi connectivity index (χ0) is 14.4. The highest BCUT2D eigenvalue weighted by atomic mass is 16.2. The predicted molar refractivity (Wildman–Crippen MR) is 79.7 cm³/mol. The van der Waals surface area contributed by atoms with Gasteiger partial charge < -0.3 is 10.2 Å². The predicted octanol–water partition coefficient (Wildman–Crippen LogP) is 2.56. The molecule has 2 rings (SSSR count). The van der Waals surface area contributed by atoms with Gasteiger partial charge in [-0.15, -0.1) is 10.2 Å². The molecular formula is C15H24N4O. The van der Waals surface area contributed by atoms with Crippen LogP contribution in [0.5, 0.6) is 0 Å². The van der Waals surface area contributed by atoms with E-state index in [1.165, 1.54) is 12.8 Å². The molecule has 1 saturated heterocycles. The summed E-state index contributed by atoms with van der Waals surface area (Å²) in [7, 11) is 0. The van der Waals surface area contributed by atoms with E-state index in [4.69, 9.17) is 0 Å². The van der Waals surface area contributed by atoms with Crippen molar-refractivity contribution in [3.8, 4) is 0 Å². The molecule has 0 aromatic carbocycles. The summed E-state index contributed by atoms with van der Waals surface area (Å²) in [6.07, 6.45) is 4.74. The Hall–Kier alpha value is -1.65. The van der Waals surface area contributed by atoms with Gasteiger partial charge in [0.15, 0.2) is 5.69 Å². The Morgan fingerprint density at radius 1 is 1.30 bits per heavy atom. The molecule has 1 aliphatic heterocycles. The van der Waals surface area contributed by atoms with Crippen LogP contribution in [-0.4, -0.2) is 40.6 Å². The largest absolute Gasteiger partial charge is 0.369 e. The SMILES string of the molecule is CCCC1CCN(C(=O)c2ccc(NCC)nn2)CC1. The Morgan fingerprint density at radius 2 is 2.05 bits per heavy atom. The van der Waals surface area contributed by atoms with E-state index in [1.54, 1.807) is 6.07 Å². The Morgan fingerprint density at radius 3 is 2.60 bits per heavy atom. The minimum absolute atomic E-state index is 0.00972. The molecule has 1 amide bonds. The van der Waals surface area contributed by atoms with Crippen molar-refractivity contribution in [1.29, 1.82) is 0 Å². The lowest BCUT2D eigenvalue weighted by molar-refractivity contribution is 0.0679. The van der Waals surface area contributed by atoms with Crippen molar-refractivity contribution in [2.75, 3.05) is 25.0 Å². The van der Waals surface area contributed by atoms with E-state index >= 15 is 0 Å². The molecule has 5 nitrogen and oxygen atoms in total. The molecule has 0 spiro atoms. The smallest absolute Gasteiger partial charge is 0.274 e. The van der Waals surface area contributed by atoms with Gasteiger partial charge in [0, 0.05) is 19.6 Å². The number of aromatic nitrogens is 2. The molecule has 1 aromatic heterocycles. The molecule has 1 fully saturated rings. The highest BCUT2D eigenvalue weighted by Gasteiger charge is 2.24. The van der Waals surface area contributed by atoms with Crippen molar-refractivity contribution in [2.45, 2.75) is 39.5 Å². The van der Waals surface area contributed by atoms with Gasteiger partial charge in [-0.05, 0) is 37.8 Å². The summed E-state index contributed by atoms with van der Waals surface area (Å²) >= 11 is 0. The zero-order valence-corrected chi connectivity index (χ0v) is 12.4. The number of carbonyl (C=O) groups is 1. The van der Waals surface area contributed by atoms with Gasteiger partial charge in [0.2, 0.25) is 0 Å². The van der Waals surface area contributed by atoms with Crippen LogP contribution in [0.15, 0.2) is 12.1 Å². The van der Waals surface area contributed by atoms with Crippen molar-refractivity contribution < 1.29 is 4.79 Å². The quantitative estimate of drug-likeness (QED) is 0.898. The van der Waals surface area contributed by atoms with Crippen molar-refractivity contribution in [3.63, 3.8) is 0 Å². The number of nitrogens with one attached hydrogen (secondary N) is 1. The highest BCUT2D eigenvalue weighted by molar-refractivity contribution is 5.92. The summed E-state index contributed by atoms with van der Waals surface area (Å²) in [6.45, 7) is 6.72. The Balaban J connectivity index is 1.91. The molecule has 1 N–H and O–H groups in total. The second kappa shape index (κ2) is 7.22. The minimum atomic E-state index is 0.00972. The van der Waals surface area contributed by atoms with Crippen LogP contribution < -0.4 is 5.32 Å². The van der Waals surface area contributed by atoms with E-state index in [0.717, 1.165) is 38.4 Å². The first-order valence-electron chi connectivity index (χ1n) is 7.61. The fourth-order valence-electron chi connectivity index (χ4n) is 2.72. The summed E-state index contributed by atoms with van der Waals surface area (Å²) in [5.74, 6) is 1.51. The maximum atomic E-state index is 12.3. The Labute approximate surface area is 120 Å². The van der Waals surface area contributed by atoms with E-state index in [1.807, 2.05) is 17.9 Å². The van der Waals surface area contributed by atoms with Gasteiger partial charge in [-0.25, -0.2) is 0 Å². The van der Waals surface area contributed by atoms with Crippen LogP contribution in [0, 0.1) is 5.92 Å². The van der Waals surface area contributed by atoms with E-state index < -0.39 is 0 Å². The third-order valence-corrected chi connectivity index (χ3v) is 3.84. The third kappa shape index (κ3) is 3.68. The summed E-state index contributed by atoms with van der Waals surface area (Å²) in [4.78, 5) is 14.2. The fourth-order valence-corrected chi connectivity index (χ4v) is 2.72. The van der Waals surface area contributed by atoms with Gasteiger partial charge in [-0.1, -0.05) is 19.8 Å². The second-order valence-corrected chi connectivity index (χ2v) is 5.36. The molecule has 0 bridgehead atoms. The first-order chi connectivity index (χ1) is 9.74. The zero-order valence-electron chi connectivity index (χ0n) is 12.4.